The zero-order valence-electron chi connectivity index (χ0n) is 10.4. The van der Waals surface area contributed by atoms with Crippen molar-refractivity contribution in [2.45, 2.75) is 38.8 Å². The predicted molar refractivity (Wildman–Crippen MR) is 69.7 cm³/mol. The van der Waals surface area contributed by atoms with Crippen molar-refractivity contribution in [2.75, 3.05) is 13.1 Å². The Morgan fingerprint density at radius 2 is 1.82 bits per heavy atom. The number of nitrogens with two attached hydrogens (primary N) is 1. The van der Waals surface area contributed by atoms with Gasteiger partial charge in [0.25, 0.3) is 0 Å². The molecule has 94 valence electrons. The molecule has 0 saturated carbocycles. The van der Waals surface area contributed by atoms with Crippen LogP contribution in [0, 0.1) is 0 Å². The summed E-state index contributed by atoms with van der Waals surface area (Å²) in [7, 11) is 0. The Kier molecular flexibility index (Phi) is 4.40. The van der Waals surface area contributed by atoms with E-state index in [1.54, 1.807) is 6.07 Å². The fraction of sp³-hybridized carbons (Fsp3) is 0.571. The molecule has 0 atom stereocenters. The molecule has 0 spiro atoms. The topological polar surface area (TPSA) is 49.5 Å². The average molecular weight is 234 g/mol. The fourth-order valence-corrected chi connectivity index (χ4v) is 2.43. The molecule has 0 aliphatic carbocycles. The minimum Gasteiger partial charge on any atom is -0.508 e. The molecule has 3 nitrogen and oxygen atoms in total. The summed E-state index contributed by atoms with van der Waals surface area (Å²) >= 11 is 0. The Bertz CT molecular complexity index is 357. The van der Waals surface area contributed by atoms with Gasteiger partial charge in [0, 0.05) is 18.7 Å². The van der Waals surface area contributed by atoms with Crippen molar-refractivity contribution in [3.05, 3.63) is 29.3 Å². The Morgan fingerprint density at radius 3 is 2.47 bits per heavy atom. The minimum absolute atomic E-state index is 0.395. The third-order valence-corrected chi connectivity index (χ3v) is 3.47. The van der Waals surface area contributed by atoms with Crippen LogP contribution in [0.4, 0.5) is 0 Å². The summed E-state index contributed by atoms with van der Waals surface area (Å²) in [6.45, 7) is 3.67. The molecule has 1 aliphatic rings. The molecule has 1 aromatic carbocycles. The first kappa shape index (κ1) is 12.4. The van der Waals surface area contributed by atoms with Gasteiger partial charge in [-0.2, -0.15) is 0 Å². The molecule has 2 rings (SSSR count). The minimum atomic E-state index is 0.395. The summed E-state index contributed by atoms with van der Waals surface area (Å²) in [6, 6.07) is 5.68. The van der Waals surface area contributed by atoms with Crippen LogP contribution in [0.2, 0.25) is 0 Å². The smallest absolute Gasteiger partial charge is 0.120 e. The highest BCUT2D eigenvalue weighted by atomic mass is 16.3. The van der Waals surface area contributed by atoms with Gasteiger partial charge in [-0.3, -0.25) is 4.90 Å². The van der Waals surface area contributed by atoms with Crippen LogP contribution in [0.3, 0.4) is 0 Å². The van der Waals surface area contributed by atoms with Crippen LogP contribution in [0.5, 0.6) is 5.75 Å². The van der Waals surface area contributed by atoms with Crippen LogP contribution in [0.25, 0.3) is 0 Å². The van der Waals surface area contributed by atoms with E-state index in [2.05, 4.69) is 4.90 Å². The monoisotopic (exact) mass is 234 g/mol. The van der Waals surface area contributed by atoms with E-state index in [9.17, 15) is 5.11 Å². The molecule has 0 amide bonds. The molecule has 0 bridgehead atoms. The van der Waals surface area contributed by atoms with Crippen molar-refractivity contribution < 1.29 is 5.11 Å². The molecular formula is C14H22N2O. The van der Waals surface area contributed by atoms with Crippen LogP contribution in [-0.4, -0.2) is 23.1 Å². The average Bonchev–Trinajstić information content (AvgIpc) is 2.60. The zero-order valence-corrected chi connectivity index (χ0v) is 10.4. The van der Waals surface area contributed by atoms with E-state index in [0.29, 0.717) is 12.3 Å². The molecule has 0 radical (unpaired) electrons. The van der Waals surface area contributed by atoms with Crippen LogP contribution in [0.15, 0.2) is 18.2 Å². The highest BCUT2D eigenvalue weighted by Gasteiger charge is 2.11. The number of likely N-dealkylation sites (tertiary alicyclic amines) is 1. The summed E-state index contributed by atoms with van der Waals surface area (Å²) in [5.41, 5.74) is 7.73. The van der Waals surface area contributed by atoms with Crippen molar-refractivity contribution in [3.63, 3.8) is 0 Å². The highest BCUT2D eigenvalue weighted by Crippen LogP contribution is 2.21. The number of phenols is 1. The second-order valence-electron chi connectivity index (χ2n) is 4.86. The van der Waals surface area contributed by atoms with Crippen molar-refractivity contribution in [2.24, 2.45) is 5.73 Å². The third kappa shape index (κ3) is 3.45. The molecular weight excluding hydrogens is 212 g/mol. The quantitative estimate of drug-likeness (QED) is 0.843. The Hall–Kier alpha value is -1.06. The maximum Gasteiger partial charge on any atom is 0.120 e. The predicted octanol–water partition coefficient (Wildman–Crippen LogP) is 2.23. The van der Waals surface area contributed by atoms with E-state index in [1.807, 2.05) is 12.1 Å². The van der Waals surface area contributed by atoms with Crippen LogP contribution in [0.1, 0.15) is 36.8 Å². The second kappa shape index (κ2) is 6.03. The molecule has 3 N–H and O–H groups in total. The summed E-state index contributed by atoms with van der Waals surface area (Å²) in [6.07, 6.45) is 5.23. The number of phenolic OH excluding ortho intramolecular Hbond substituents is 1. The van der Waals surface area contributed by atoms with E-state index in [1.165, 1.54) is 25.7 Å². The highest BCUT2D eigenvalue weighted by molar-refractivity contribution is 5.36. The van der Waals surface area contributed by atoms with Gasteiger partial charge in [0.05, 0.1) is 0 Å². The fourth-order valence-electron chi connectivity index (χ4n) is 2.43. The summed E-state index contributed by atoms with van der Waals surface area (Å²) in [4.78, 5) is 2.43. The standard InChI is InChI=1S/C14H22N2O/c15-10-12-5-6-14(17)13(9-12)11-16-7-3-1-2-4-8-16/h5-6,9,17H,1-4,7-8,10-11,15H2. The SMILES string of the molecule is NCc1ccc(O)c(CN2CCCCCC2)c1. The lowest BCUT2D eigenvalue weighted by atomic mass is 10.1. The van der Waals surface area contributed by atoms with Gasteiger partial charge in [0.15, 0.2) is 0 Å². The van der Waals surface area contributed by atoms with E-state index in [4.69, 9.17) is 5.73 Å². The molecule has 1 fully saturated rings. The lowest BCUT2D eigenvalue weighted by molar-refractivity contribution is 0.272. The first-order valence-corrected chi connectivity index (χ1v) is 6.53. The molecule has 1 aromatic rings. The van der Waals surface area contributed by atoms with Gasteiger partial charge in [-0.25, -0.2) is 0 Å². The van der Waals surface area contributed by atoms with E-state index in [-0.39, 0.29) is 0 Å². The normalized spacial score (nSPS) is 17.9. The molecule has 0 aromatic heterocycles. The van der Waals surface area contributed by atoms with Crippen LogP contribution < -0.4 is 5.73 Å². The summed E-state index contributed by atoms with van der Waals surface area (Å²) < 4.78 is 0. The van der Waals surface area contributed by atoms with Gasteiger partial charge in [-0.05, 0) is 43.6 Å². The first-order chi connectivity index (χ1) is 8.29. The molecule has 3 heteroatoms. The third-order valence-electron chi connectivity index (χ3n) is 3.47. The summed E-state index contributed by atoms with van der Waals surface area (Å²) in [5.74, 6) is 0.395. The van der Waals surface area contributed by atoms with Gasteiger partial charge < -0.3 is 10.8 Å². The Morgan fingerprint density at radius 1 is 1.12 bits per heavy atom. The maximum atomic E-state index is 9.86. The van der Waals surface area contributed by atoms with Crippen LogP contribution in [-0.2, 0) is 13.1 Å². The second-order valence-corrected chi connectivity index (χ2v) is 4.86. The van der Waals surface area contributed by atoms with Gasteiger partial charge in [-0.1, -0.05) is 18.9 Å². The molecule has 0 unspecified atom stereocenters. The maximum absolute atomic E-state index is 9.86. The van der Waals surface area contributed by atoms with Gasteiger partial charge >= 0.3 is 0 Å². The number of hydrogen-bond donors (Lipinski definition) is 2. The van der Waals surface area contributed by atoms with Crippen molar-refractivity contribution in [1.29, 1.82) is 0 Å². The molecule has 1 aliphatic heterocycles. The van der Waals surface area contributed by atoms with Gasteiger partial charge in [-0.15, -0.1) is 0 Å². The van der Waals surface area contributed by atoms with Crippen molar-refractivity contribution >= 4 is 0 Å². The lowest BCUT2D eigenvalue weighted by Gasteiger charge is -2.20. The number of aromatic hydroxyl groups is 1. The van der Waals surface area contributed by atoms with Crippen molar-refractivity contribution in [3.8, 4) is 5.75 Å². The molecule has 1 heterocycles. The van der Waals surface area contributed by atoms with E-state index >= 15 is 0 Å². The lowest BCUT2D eigenvalue weighted by Crippen LogP contribution is -2.24. The first-order valence-electron chi connectivity index (χ1n) is 6.53. The Labute approximate surface area is 103 Å². The number of benzene rings is 1. The largest absolute Gasteiger partial charge is 0.508 e. The molecule has 17 heavy (non-hydrogen) atoms. The van der Waals surface area contributed by atoms with Gasteiger partial charge in [0.1, 0.15) is 5.75 Å². The Balaban J connectivity index is 2.05. The number of hydrogen-bond acceptors (Lipinski definition) is 3. The van der Waals surface area contributed by atoms with Crippen LogP contribution >= 0.6 is 0 Å². The molecule has 1 saturated heterocycles. The summed E-state index contributed by atoms with van der Waals surface area (Å²) in [5, 5.41) is 9.86. The zero-order chi connectivity index (χ0) is 12.1. The van der Waals surface area contributed by atoms with Gasteiger partial charge in [0.2, 0.25) is 0 Å². The number of rotatable bonds is 3. The number of nitrogens with zero attached hydrogens (tertiary/aromatic N) is 1. The van der Waals surface area contributed by atoms with Crippen molar-refractivity contribution in [1.82, 2.24) is 4.90 Å². The van der Waals surface area contributed by atoms with E-state index in [0.717, 1.165) is 30.8 Å². The van der Waals surface area contributed by atoms with E-state index < -0.39 is 0 Å².